The Kier molecular flexibility index (Phi) is 6.52. The highest BCUT2D eigenvalue weighted by Crippen LogP contribution is 2.14. The maximum absolute atomic E-state index is 10.7. The third-order valence-electron chi connectivity index (χ3n) is 2.37. The molecule has 0 saturated carbocycles. The van der Waals surface area contributed by atoms with Gasteiger partial charge in [0.2, 0.25) is 0 Å². The quantitative estimate of drug-likeness (QED) is 0.677. The molecule has 0 aromatic carbocycles. The number of carboxylic acids is 1. The molecule has 1 unspecified atom stereocenters. The summed E-state index contributed by atoms with van der Waals surface area (Å²) in [6.45, 7) is 8.63. The zero-order valence-electron chi connectivity index (χ0n) is 10.1. The SMILES string of the molecule is CCOC(CCOC(C)(C)CC)C(=O)O. The second kappa shape index (κ2) is 6.80. The highest BCUT2D eigenvalue weighted by atomic mass is 16.5. The van der Waals surface area contributed by atoms with E-state index in [1.807, 2.05) is 20.8 Å². The smallest absolute Gasteiger partial charge is 0.332 e. The topological polar surface area (TPSA) is 55.8 Å². The van der Waals surface area contributed by atoms with Gasteiger partial charge in [0.05, 0.1) is 12.2 Å². The van der Waals surface area contributed by atoms with Crippen LogP contribution in [0.25, 0.3) is 0 Å². The van der Waals surface area contributed by atoms with Gasteiger partial charge in [0.1, 0.15) is 0 Å². The van der Waals surface area contributed by atoms with Crippen molar-refractivity contribution in [3.8, 4) is 0 Å². The van der Waals surface area contributed by atoms with E-state index in [2.05, 4.69) is 0 Å². The number of carboxylic acid groups (broad SMARTS) is 1. The summed E-state index contributed by atoms with van der Waals surface area (Å²) in [6.07, 6.45) is 0.550. The van der Waals surface area contributed by atoms with Crippen LogP contribution in [0.3, 0.4) is 0 Å². The number of hydrogen-bond donors (Lipinski definition) is 1. The molecule has 0 bridgehead atoms. The van der Waals surface area contributed by atoms with Gasteiger partial charge < -0.3 is 14.6 Å². The van der Waals surface area contributed by atoms with Crippen LogP contribution in [0.15, 0.2) is 0 Å². The van der Waals surface area contributed by atoms with E-state index in [0.29, 0.717) is 19.6 Å². The second-order valence-corrected chi connectivity index (χ2v) is 4.03. The molecule has 0 aromatic heterocycles. The van der Waals surface area contributed by atoms with Crippen LogP contribution in [0.4, 0.5) is 0 Å². The molecule has 4 heteroatoms. The first-order chi connectivity index (χ1) is 6.93. The van der Waals surface area contributed by atoms with E-state index in [4.69, 9.17) is 14.6 Å². The van der Waals surface area contributed by atoms with Gasteiger partial charge in [0.25, 0.3) is 0 Å². The number of hydrogen-bond acceptors (Lipinski definition) is 3. The van der Waals surface area contributed by atoms with Crippen molar-refractivity contribution in [3.05, 3.63) is 0 Å². The minimum atomic E-state index is -0.922. The third kappa shape index (κ3) is 6.47. The summed E-state index contributed by atoms with van der Waals surface area (Å²) in [5, 5.41) is 8.81. The molecule has 1 N–H and O–H groups in total. The molecule has 0 rings (SSSR count). The summed E-state index contributed by atoms with van der Waals surface area (Å²) >= 11 is 0. The van der Waals surface area contributed by atoms with Crippen LogP contribution >= 0.6 is 0 Å². The van der Waals surface area contributed by atoms with Gasteiger partial charge in [0, 0.05) is 13.0 Å². The molecule has 0 spiro atoms. The molecule has 0 aromatic rings. The predicted molar refractivity (Wildman–Crippen MR) is 58.0 cm³/mol. The molecule has 0 amide bonds. The van der Waals surface area contributed by atoms with Crippen molar-refractivity contribution in [1.82, 2.24) is 0 Å². The second-order valence-electron chi connectivity index (χ2n) is 4.03. The molecule has 0 fully saturated rings. The molecule has 4 nitrogen and oxygen atoms in total. The maximum Gasteiger partial charge on any atom is 0.332 e. The molecular formula is C11H22O4. The van der Waals surface area contributed by atoms with Crippen LogP contribution < -0.4 is 0 Å². The lowest BCUT2D eigenvalue weighted by atomic mass is 10.1. The van der Waals surface area contributed by atoms with E-state index in [-0.39, 0.29) is 5.60 Å². The summed E-state index contributed by atoms with van der Waals surface area (Å²) < 4.78 is 10.6. The largest absolute Gasteiger partial charge is 0.479 e. The monoisotopic (exact) mass is 218 g/mol. The lowest BCUT2D eigenvalue weighted by Gasteiger charge is -2.24. The lowest BCUT2D eigenvalue weighted by molar-refractivity contribution is -0.152. The van der Waals surface area contributed by atoms with Gasteiger partial charge in [-0.05, 0) is 27.2 Å². The van der Waals surface area contributed by atoms with Crippen molar-refractivity contribution in [2.45, 2.75) is 52.2 Å². The molecule has 0 saturated heterocycles. The first-order valence-corrected chi connectivity index (χ1v) is 5.41. The van der Waals surface area contributed by atoms with E-state index >= 15 is 0 Å². The van der Waals surface area contributed by atoms with Crippen LogP contribution in [0, 0.1) is 0 Å². The van der Waals surface area contributed by atoms with Crippen LogP contribution in [0.1, 0.15) is 40.5 Å². The van der Waals surface area contributed by atoms with Gasteiger partial charge in [0.15, 0.2) is 6.10 Å². The zero-order chi connectivity index (χ0) is 11.9. The minimum Gasteiger partial charge on any atom is -0.479 e. The van der Waals surface area contributed by atoms with Crippen molar-refractivity contribution in [3.63, 3.8) is 0 Å². The number of aliphatic carboxylic acids is 1. The van der Waals surface area contributed by atoms with Crippen molar-refractivity contribution < 1.29 is 19.4 Å². The molecular weight excluding hydrogens is 196 g/mol. The van der Waals surface area contributed by atoms with Crippen LogP contribution in [-0.4, -0.2) is 36.0 Å². The van der Waals surface area contributed by atoms with E-state index in [1.54, 1.807) is 6.92 Å². The van der Waals surface area contributed by atoms with Crippen molar-refractivity contribution >= 4 is 5.97 Å². The summed E-state index contributed by atoms with van der Waals surface area (Å²) in [7, 11) is 0. The Hall–Kier alpha value is -0.610. The van der Waals surface area contributed by atoms with Crippen LogP contribution in [0.5, 0.6) is 0 Å². The van der Waals surface area contributed by atoms with E-state index in [1.165, 1.54) is 0 Å². The van der Waals surface area contributed by atoms with Gasteiger partial charge in [-0.25, -0.2) is 4.79 Å². The van der Waals surface area contributed by atoms with Crippen molar-refractivity contribution in [2.24, 2.45) is 0 Å². The Morgan fingerprint density at radius 1 is 1.40 bits per heavy atom. The molecule has 0 heterocycles. The Labute approximate surface area is 91.6 Å². The van der Waals surface area contributed by atoms with Gasteiger partial charge in [-0.15, -0.1) is 0 Å². The fourth-order valence-electron chi connectivity index (χ4n) is 1.02. The maximum atomic E-state index is 10.7. The first kappa shape index (κ1) is 14.4. The van der Waals surface area contributed by atoms with Crippen LogP contribution in [0.2, 0.25) is 0 Å². The fourth-order valence-corrected chi connectivity index (χ4v) is 1.02. The van der Waals surface area contributed by atoms with Crippen molar-refractivity contribution in [1.29, 1.82) is 0 Å². The lowest BCUT2D eigenvalue weighted by Crippen LogP contribution is -2.29. The fraction of sp³-hybridized carbons (Fsp3) is 0.909. The average molecular weight is 218 g/mol. The van der Waals surface area contributed by atoms with Gasteiger partial charge in [-0.1, -0.05) is 6.92 Å². The Balaban J connectivity index is 3.85. The van der Waals surface area contributed by atoms with Crippen molar-refractivity contribution in [2.75, 3.05) is 13.2 Å². The standard InChI is InChI=1S/C11H22O4/c1-5-11(3,4)15-8-7-9(10(12)13)14-6-2/h9H,5-8H2,1-4H3,(H,12,13). The van der Waals surface area contributed by atoms with Gasteiger partial charge >= 0.3 is 5.97 Å². The van der Waals surface area contributed by atoms with Gasteiger partial charge in [-0.3, -0.25) is 0 Å². The summed E-state index contributed by atoms with van der Waals surface area (Å²) in [6, 6.07) is 0. The van der Waals surface area contributed by atoms with E-state index in [9.17, 15) is 4.79 Å². The number of ether oxygens (including phenoxy) is 2. The minimum absolute atomic E-state index is 0.185. The Bertz CT molecular complexity index is 189. The highest BCUT2D eigenvalue weighted by molar-refractivity contribution is 5.72. The van der Waals surface area contributed by atoms with E-state index < -0.39 is 12.1 Å². The number of carbonyl (C=O) groups is 1. The summed E-state index contributed by atoms with van der Waals surface area (Å²) in [5.74, 6) is -0.922. The molecule has 15 heavy (non-hydrogen) atoms. The zero-order valence-corrected chi connectivity index (χ0v) is 10.1. The van der Waals surface area contributed by atoms with Gasteiger partial charge in [-0.2, -0.15) is 0 Å². The molecule has 0 aliphatic rings. The molecule has 0 aliphatic carbocycles. The molecule has 0 aliphatic heterocycles. The summed E-state index contributed by atoms with van der Waals surface area (Å²) in [4.78, 5) is 10.7. The third-order valence-corrected chi connectivity index (χ3v) is 2.37. The van der Waals surface area contributed by atoms with Crippen LogP contribution in [-0.2, 0) is 14.3 Å². The molecule has 1 atom stereocenters. The first-order valence-electron chi connectivity index (χ1n) is 5.41. The summed E-state index contributed by atoms with van der Waals surface area (Å²) in [5.41, 5.74) is -0.185. The Morgan fingerprint density at radius 3 is 2.40 bits per heavy atom. The molecule has 0 radical (unpaired) electrons. The normalized spacial score (nSPS) is 13.9. The average Bonchev–Trinajstić information content (AvgIpc) is 2.16. The Morgan fingerprint density at radius 2 is 2.00 bits per heavy atom. The predicted octanol–water partition coefficient (Wildman–Crippen LogP) is 2.07. The molecule has 90 valence electrons. The highest BCUT2D eigenvalue weighted by Gasteiger charge is 2.20. The number of rotatable bonds is 8. The van der Waals surface area contributed by atoms with E-state index in [0.717, 1.165) is 6.42 Å².